The number of fused-ring (bicyclic) bond motifs is 3. The zero-order valence-electron chi connectivity index (χ0n) is 11.8. The van der Waals surface area contributed by atoms with Gasteiger partial charge in [0.2, 0.25) is 0 Å². The van der Waals surface area contributed by atoms with Crippen molar-refractivity contribution in [2.24, 2.45) is 0 Å². The molecule has 2 aromatic heterocycles. The molecular formula is C17H10ClN3O2. The lowest BCUT2D eigenvalue weighted by atomic mass is 10.1. The summed E-state index contributed by atoms with van der Waals surface area (Å²) in [6.45, 7) is 0. The number of rotatable bonds is 2. The summed E-state index contributed by atoms with van der Waals surface area (Å²) in [5.74, 6) is 0. The summed E-state index contributed by atoms with van der Waals surface area (Å²) in [4.78, 5) is 18.4. The summed E-state index contributed by atoms with van der Waals surface area (Å²) in [5, 5.41) is 13.3. The zero-order valence-corrected chi connectivity index (χ0v) is 12.5. The largest absolute Gasteiger partial charge is 0.353 e. The number of hydrogen-bond acceptors (Lipinski definition) is 3. The molecule has 0 radical (unpaired) electrons. The first kappa shape index (κ1) is 13.7. The summed E-state index contributed by atoms with van der Waals surface area (Å²) in [6.07, 6.45) is 1.71. The number of para-hydroxylation sites is 1. The average Bonchev–Trinajstić information content (AvgIpc) is 2.94. The van der Waals surface area contributed by atoms with Gasteiger partial charge in [0.15, 0.2) is 0 Å². The van der Waals surface area contributed by atoms with Gasteiger partial charge in [0.05, 0.1) is 16.1 Å². The molecule has 0 atom stereocenters. The highest BCUT2D eigenvalue weighted by atomic mass is 35.5. The van der Waals surface area contributed by atoms with Gasteiger partial charge >= 0.3 is 0 Å². The molecule has 0 unspecified atom stereocenters. The van der Waals surface area contributed by atoms with E-state index in [2.05, 4.69) is 9.97 Å². The Morgan fingerprint density at radius 3 is 2.74 bits per heavy atom. The van der Waals surface area contributed by atoms with Gasteiger partial charge < -0.3 is 4.98 Å². The molecular weight excluding hydrogens is 314 g/mol. The average molecular weight is 324 g/mol. The van der Waals surface area contributed by atoms with Gasteiger partial charge in [-0.15, -0.1) is 0 Å². The van der Waals surface area contributed by atoms with E-state index in [1.54, 1.807) is 12.3 Å². The molecule has 0 bridgehead atoms. The van der Waals surface area contributed by atoms with Gasteiger partial charge in [-0.1, -0.05) is 35.9 Å². The number of nitrogens with one attached hydrogen (secondary N) is 1. The highest BCUT2D eigenvalue weighted by Crippen LogP contribution is 2.34. The van der Waals surface area contributed by atoms with E-state index in [1.165, 1.54) is 12.1 Å². The lowest BCUT2D eigenvalue weighted by molar-refractivity contribution is -0.384. The van der Waals surface area contributed by atoms with Crippen molar-refractivity contribution < 1.29 is 4.92 Å². The first-order valence-corrected chi connectivity index (χ1v) is 7.32. The van der Waals surface area contributed by atoms with Crippen LogP contribution in [0.1, 0.15) is 0 Å². The number of aromatic nitrogens is 2. The number of hydrogen-bond donors (Lipinski definition) is 1. The minimum absolute atomic E-state index is 0.113. The molecule has 1 N–H and O–H groups in total. The predicted molar refractivity (Wildman–Crippen MR) is 90.7 cm³/mol. The van der Waals surface area contributed by atoms with E-state index >= 15 is 0 Å². The molecule has 6 heteroatoms. The van der Waals surface area contributed by atoms with E-state index in [4.69, 9.17) is 11.6 Å². The first-order valence-electron chi connectivity index (χ1n) is 6.95. The van der Waals surface area contributed by atoms with Gasteiger partial charge in [0.1, 0.15) is 5.02 Å². The number of halogens is 1. The van der Waals surface area contributed by atoms with Crippen LogP contribution in [-0.2, 0) is 0 Å². The van der Waals surface area contributed by atoms with Crippen LogP contribution in [0.4, 0.5) is 5.69 Å². The van der Waals surface area contributed by atoms with E-state index in [9.17, 15) is 10.1 Å². The van der Waals surface area contributed by atoms with Crippen molar-refractivity contribution in [3.63, 3.8) is 0 Å². The maximum Gasteiger partial charge on any atom is 0.288 e. The maximum atomic E-state index is 11.1. The predicted octanol–water partition coefficient (Wildman–Crippen LogP) is 4.94. The van der Waals surface area contributed by atoms with Crippen molar-refractivity contribution >= 4 is 39.1 Å². The quantitative estimate of drug-likeness (QED) is 0.419. The first-order chi connectivity index (χ1) is 11.1. The van der Waals surface area contributed by atoms with Gasteiger partial charge in [0.25, 0.3) is 5.69 Å². The zero-order chi connectivity index (χ0) is 16.0. The smallest absolute Gasteiger partial charge is 0.288 e. The Morgan fingerprint density at radius 2 is 1.91 bits per heavy atom. The summed E-state index contributed by atoms with van der Waals surface area (Å²) >= 11 is 5.89. The summed E-state index contributed by atoms with van der Waals surface area (Å²) < 4.78 is 0. The molecule has 23 heavy (non-hydrogen) atoms. The van der Waals surface area contributed by atoms with Gasteiger partial charge in [-0.25, -0.2) is 0 Å². The number of H-pyrrole nitrogens is 1. The van der Waals surface area contributed by atoms with Crippen LogP contribution in [0, 0.1) is 10.1 Å². The van der Waals surface area contributed by atoms with Crippen LogP contribution in [0.3, 0.4) is 0 Å². The van der Waals surface area contributed by atoms with Crippen LogP contribution >= 0.6 is 11.6 Å². The minimum atomic E-state index is -0.489. The van der Waals surface area contributed by atoms with E-state index in [0.29, 0.717) is 11.3 Å². The lowest BCUT2D eigenvalue weighted by Gasteiger charge is -2.03. The molecule has 0 fully saturated rings. The number of nitro benzene ring substituents is 1. The standard InChI is InChI=1S/C17H10ClN3O2/c18-13-6-5-10(9-15(13)21(22)23)16-17-12(7-8-19-16)11-3-1-2-4-14(11)20-17/h1-9,20H. The van der Waals surface area contributed by atoms with E-state index in [0.717, 1.165) is 21.8 Å². The van der Waals surface area contributed by atoms with Gasteiger partial charge in [-0.2, -0.15) is 0 Å². The third kappa shape index (κ3) is 2.13. The van der Waals surface area contributed by atoms with E-state index in [1.807, 2.05) is 30.3 Å². The van der Waals surface area contributed by atoms with Crippen molar-refractivity contribution in [1.29, 1.82) is 0 Å². The molecule has 0 aliphatic rings. The maximum absolute atomic E-state index is 11.1. The second-order valence-corrected chi connectivity index (χ2v) is 5.58. The van der Waals surface area contributed by atoms with Gasteiger partial charge in [-0.3, -0.25) is 15.1 Å². The normalized spacial score (nSPS) is 11.2. The number of nitro groups is 1. The molecule has 0 spiro atoms. The second-order valence-electron chi connectivity index (χ2n) is 5.18. The van der Waals surface area contributed by atoms with Crippen LogP contribution in [-0.4, -0.2) is 14.9 Å². The molecule has 0 saturated carbocycles. The van der Waals surface area contributed by atoms with Crippen LogP contribution in [0.25, 0.3) is 33.1 Å². The molecule has 112 valence electrons. The van der Waals surface area contributed by atoms with Crippen LogP contribution in [0.15, 0.2) is 54.7 Å². The lowest BCUT2D eigenvalue weighted by Crippen LogP contribution is -1.91. The van der Waals surface area contributed by atoms with Crippen molar-refractivity contribution in [2.45, 2.75) is 0 Å². The van der Waals surface area contributed by atoms with E-state index < -0.39 is 4.92 Å². The highest BCUT2D eigenvalue weighted by Gasteiger charge is 2.16. The second kappa shape index (κ2) is 5.07. The molecule has 4 aromatic rings. The fourth-order valence-corrected chi connectivity index (χ4v) is 2.98. The van der Waals surface area contributed by atoms with E-state index in [-0.39, 0.29) is 10.7 Å². The number of benzene rings is 2. The summed E-state index contributed by atoms with van der Waals surface area (Å²) in [6, 6.07) is 14.6. The van der Waals surface area contributed by atoms with Gasteiger partial charge in [0, 0.05) is 34.1 Å². The molecule has 4 rings (SSSR count). The van der Waals surface area contributed by atoms with Crippen LogP contribution in [0.5, 0.6) is 0 Å². The Balaban J connectivity index is 2.03. The van der Waals surface area contributed by atoms with Crippen molar-refractivity contribution in [3.8, 4) is 11.3 Å². The Labute approximate surface area is 135 Å². The molecule has 5 nitrogen and oxygen atoms in total. The number of nitrogens with zero attached hydrogens (tertiary/aromatic N) is 2. The summed E-state index contributed by atoms with van der Waals surface area (Å²) in [7, 11) is 0. The Kier molecular flexibility index (Phi) is 3.02. The molecule has 2 aromatic carbocycles. The van der Waals surface area contributed by atoms with Crippen LogP contribution in [0.2, 0.25) is 5.02 Å². The Hall–Kier alpha value is -2.92. The van der Waals surface area contributed by atoms with Gasteiger partial charge in [-0.05, 0) is 18.2 Å². The van der Waals surface area contributed by atoms with Crippen LogP contribution < -0.4 is 0 Å². The molecule has 0 saturated heterocycles. The Bertz CT molecular complexity index is 1070. The fourth-order valence-electron chi connectivity index (χ4n) is 2.79. The third-order valence-corrected chi connectivity index (χ3v) is 4.16. The molecule has 0 amide bonds. The van der Waals surface area contributed by atoms with Crippen molar-refractivity contribution in [3.05, 3.63) is 69.9 Å². The third-order valence-electron chi connectivity index (χ3n) is 3.84. The molecule has 2 heterocycles. The Morgan fingerprint density at radius 1 is 1.09 bits per heavy atom. The highest BCUT2D eigenvalue weighted by molar-refractivity contribution is 6.32. The molecule has 0 aliphatic carbocycles. The number of aromatic amines is 1. The topological polar surface area (TPSA) is 71.8 Å². The molecule has 0 aliphatic heterocycles. The fraction of sp³-hybridized carbons (Fsp3) is 0. The van der Waals surface area contributed by atoms with Crippen molar-refractivity contribution in [2.75, 3.05) is 0 Å². The number of pyridine rings is 1. The minimum Gasteiger partial charge on any atom is -0.353 e. The summed E-state index contributed by atoms with van der Waals surface area (Å²) in [5.41, 5.74) is 3.04. The monoisotopic (exact) mass is 323 g/mol. The SMILES string of the molecule is O=[N+]([O-])c1cc(-c2nccc3c2[nH]c2ccccc23)ccc1Cl. The van der Waals surface area contributed by atoms with Crippen molar-refractivity contribution in [1.82, 2.24) is 9.97 Å².